The van der Waals surface area contributed by atoms with Crippen molar-refractivity contribution in [3.8, 4) is 0 Å². The van der Waals surface area contributed by atoms with Crippen LogP contribution in [0.5, 0.6) is 0 Å². The molecule has 0 bridgehead atoms. The molecule has 1 unspecified atom stereocenters. The average molecular weight is 258 g/mol. The number of aryl methyl sites for hydroxylation is 2. The standard InChI is InChI=1S/C16H22N2O/c1-4-8-16(14-9-6-5-7-10-14)17-11-15-12(2)18-19-13(15)3/h5-7,9-10,16-17H,4,8,11H2,1-3H3. The number of nitrogens with zero attached hydrogens (tertiary/aromatic N) is 1. The van der Waals surface area contributed by atoms with Crippen molar-refractivity contribution < 1.29 is 4.52 Å². The molecular weight excluding hydrogens is 236 g/mol. The minimum Gasteiger partial charge on any atom is -0.361 e. The first-order valence-corrected chi connectivity index (χ1v) is 6.92. The molecule has 0 spiro atoms. The minimum absolute atomic E-state index is 0.389. The van der Waals surface area contributed by atoms with E-state index in [4.69, 9.17) is 4.52 Å². The van der Waals surface area contributed by atoms with E-state index in [9.17, 15) is 0 Å². The van der Waals surface area contributed by atoms with E-state index in [1.807, 2.05) is 13.8 Å². The Kier molecular flexibility index (Phi) is 4.74. The van der Waals surface area contributed by atoms with Crippen molar-refractivity contribution >= 4 is 0 Å². The van der Waals surface area contributed by atoms with Gasteiger partial charge in [-0.15, -0.1) is 0 Å². The Hall–Kier alpha value is -1.61. The SMILES string of the molecule is CCCC(NCc1c(C)noc1C)c1ccccc1. The second kappa shape index (κ2) is 6.53. The first kappa shape index (κ1) is 13.8. The largest absolute Gasteiger partial charge is 0.361 e. The van der Waals surface area contributed by atoms with Crippen LogP contribution in [0.3, 0.4) is 0 Å². The number of nitrogens with one attached hydrogen (secondary N) is 1. The van der Waals surface area contributed by atoms with Crippen molar-refractivity contribution in [2.45, 2.75) is 46.2 Å². The molecule has 0 amide bonds. The van der Waals surface area contributed by atoms with Crippen LogP contribution < -0.4 is 5.32 Å². The van der Waals surface area contributed by atoms with Crippen LogP contribution >= 0.6 is 0 Å². The van der Waals surface area contributed by atoms with Crippen LogP contribution in [0.25, 0.3) is 0 Å². The zero-order chi connectivity index (χ0) is 13.7. The first-order chi connectivity index (χ1) is 9.22. The van der Waals surface area contributed by atoms with Crippen LogP contribution in [0.2, 0.25) is 0 Å². The van der Waals surface area contributed by atoms with Crippen LogP contribution in [-0.4, -0.2) is 5.16 Å². The Bertz CT molecular complexity index is 485. The van der Waals surface area contributed by atoms with E-state index in [0.29, 0.717) is 6.04 Å². The lowest BCUT2D eigenvalue weighted by atomic mass is 10.0. The van der Waals surface area contributed by atoms with Gasteiger partial charge in [0.1, 0.15) is 5.76 Å². The molecule has 1 N–H and O–H groups in total. The van der Waals surface area contributed by atoms with E-state index in [0.717, 1.165) is 30.8 Å². The summed E-state index contributed by atoms with van der Waals surface area (Å²) in [6.07, 6.45) is 2.29. The van der Waals surface area contributed by atoms with Gasteiger partial charge in [0.15, 0.2) is 0 Å². The number of rotatable bonds is 6. The molecule has 0 aliphatic heterocycles. The molecule has 2 rings (SSSR count). The highest BCUT2D eigenvalue weighted by Crippen LogP contribution is 2.20. The minimum atomic E-state index is 0.389. The summed E-state index contributed by atoms with van der Waals surface area (Å²) in [7, 11) is 0. The first-order valence-electron chi connectivity index (χ1n) is 6.92. The molecule has 3 nitrogen and oxygen atoms in total. The van der Waals surface area contributed by atoms with Gasteiger partial charge >= 0.3 is 0 Å². The molecule has 1 aromatic carbocycles. The highest BCUT2D eigenvalue weighted by atomic mass is 16.5. The summed E-state index contributed by atoms with van der Waals surface area (Å²) >= 11 is 0. The summed E-state index contributed by atoms with van der Waals surface area (Å²) in [5.41, 5.74) is 3.50. The molecule has 1 aromatic heterocycles. The van der Waals surface area contributed by atoms with Gasteiger partial charge in [0, 0.05) is 18.2 Å². The maximum Gasteiger partial charge on any atom is 0.138 e. The summed E-state index contributed by atoms with van der Waals surface area (Å²) in [6.45, 7) is 6.98. The Labute approximate surface area is 115 Å². The maximum atomic E-state index is 5.20. The van der Waals surface area contributed by atoms with E-state index < -0.39 is 0 Å². The molecule has 2 aromatic rings. The van der Waals surface area contributed by atoms with Gasteiger partial charge in [-0.2, -0.15) is 0 Å². The number of hydrogen-bond donors (Lipinski definition) is 1. The molecule has 1 heterocycles. The summed E-state index contributed by atoms with van der Waals surface area (Å²) < 4.78 is 5.20. The van der Waals surface area contributed by atoms with E-state index in [2.05, 4.69) is 47.7 Å². The highest BCUT2D eigenvalue weighted by Gasteiger charge is 2.13. The van der Waals surface area contributed by atoms with E-state index in [-0.39, 0.29) is 0 Å². The fraction of sp³-hybridized carbons (Fsp3) is 0.438. The molecule has 0 fully saturated rings. The van der Waals surface area contributed by atoms with Gasteiger partial charge in [0.2, 0.25) is 0 Å². The predicted octanol–water partition coefficient (Wildman–Crippen LogP) is 3.92. The third-order valence-electron chi connectivity index (χ3n) is 3.49. The van der Waals surface area contributed by atoms with Gasteiger partial charge in [-0.1, -0.05) is 48.8 Å². The topological polar surface area (TPSA) is 38.1 Å². The Morgan fingerprint density at radius 1 is 1.21 bits per heavy atom. The fourth-order valence-electron chi connectivity index (χ4n) is 2.34. The van der Waals surface area contributed by atoms with E-state index in [1.54, 1.807) is 0 Å². The maximum absolute atomic E-state index is 5.20. The van der Waals surface area contributed by atoms with Gasteiger partial charge in [0.25, 0.3) is 0 Å². The lowest BCUT2D eigenvalue weighted by Gasteiger charge is -2.18. The number of aromatic nitrogens is 1. The lowest BCUT2D eigenvalue weighted by molar-refractivity contribution is 0.391. The second-order valence-electron chi connectivity index (χ2n) is 4.94. The third kappa shape index (κ3) is 3.44. The lowest BCUT2D eigenvalue weighted by Crippen LogP contribution is -2.21. The second-order valence-corrected chi connectivity index (χ2v) is 4.94. The molecule has 19 heavy (non-hydrogen) atoms. The molecular formula is C16H22N2O. The zero-order valence-corrected chi connectivity index (χ0v) is 11.9. The molecule has 0 saturated carbocycles. The van der Waals surface area contributed by atoms with Crippen molar-refractivity contribution in [2.75, 3.05) is 0 Å². The number of hydrogen-bond acceptors (Lipinski definition) is 3. The van der Waals surface area contributed by atoms with Crippen molar-refractivity contribution in [3.63, 3.8) is 0 Å². The van der Waals surface area contributed by atoms with E-state index >= 15 is 0 Å². The van der Waals surface area contributed by atoms with Gasteiger partial charge in [-0.25, -0.2) is 0 Å². The van der Waals surface area contributed by atoms with Crippen LogP contribution in [0.15, 0.2) is 34.9 Å². The molecule has 0 saturated heterocycles. The molecule has 3 heteroatoms. The molecule has 0 aliphatic carbocycles. The normalized spacial score (nSPS) is 12.6. The average Bonchev–Trinajstić information content (AvgIpc) is 2.75. The monoisotopic (exact) mass is 258 g/mol. The predicted molar refractivity (Wildman–Crippen MR) is 76.9 cm³/mol. The quantitative estimate of drug-likeness (QED) is 0.853. The highest BCUT2D eigenvalue weighted by molar-refractivity contribution is 5.22. The zero-order valence-electron chi connectivity index (χ0n) is 11.9. The summed E-state index contributed by atoms with van der Waals surface area (Å²) in [6, 6.07) is 11.0. The van der Waals surface area contributed by atoms with Gasteiger partial charge in [0.05, 0.1) is 5.69 Å². The van der Waals surface area contributed by atoms with Gasteiger partial charge in [-0.05, 0) is 25.8 Å². The van der Waals surface area contributed by atoms with Crippen LogP contribution in [0.4, 0.5) is 0 Å². The Morgan fingerprint density at radius 2 is 1.95 bits per heavy atom. The molecule has 102 valence electrons. The molecule has 0 aliphatic rings. The molecule has 1 atom stereocenters. The molecule has 0 radical (unpaired) electrons. The smallest absolute Gasteiger partial charge is 0.138 e. The summed E-state index contributed by atoms with van der Waals surface area (Å²) in [5, 5.41) is 7.62. The van der Waals surface area contributed by atoms with Gasteiger partial charge in [-0.3, -0.25) is 0 Å². The van der Waals surface area contributed by atoms with E-state index in [1.165, 1.54) is 11.1 Å². The Morgan fingerprint density at radius 3 is 2.53 bits per heavy atom. The van der Waals surface area contributed by atoms with Crippen molar-refractivity contribution in [1.82, 2.24) is 10.5 Å². The Balaban J connectivity index is 2.06. The van der Waals surface area contributed by atoms with Crippen LogP contribution in [0, 0.1) is 13.8 Å². The van der Waals surface area contributed by atoms with Crippen LogP contribution in [0.1, 0.15) is 48.4 Å². The van der Waals surface area contributed by atoms with Crippen LogP contribution in [-0.2, 0) is 6.54 Å². The summed E-state index contributed by atoms with van der Waals surface area (Å²) in [4.78, 5) is 0. The fourth-order valence-corrected chi connectivity index (χ4v) is 2.34. The van der Waals surface area contributed by atoms with Crippen molar-refractivity contribution in [2.24, 2.45) is 0 Å². The van der Waals surface area contributed by atoms with Gasteiger partial charge < -0.3 is 9.84 Å². The van der Waals surface area contributed by atoms with Crippen molar-refractivity contribution in [3.05, 3.63) is 52.9 Å². The summed E-state index contributed by atoms with van der Waals surface area (Å²) in [5.74, 6) is 0.910. The third-order valence-corrected chi connectivity index (χ3v) is 3.49. The van der Waals surface area contributed by atoms with Crippen molar-refractivity contribution in [1.29, 1.82) is 0 Å². The number of benzene rings is 1.